The van der Waals surface area contributed by atoms with Crippen molar-refractivity contribution in [2.24, 2.45) is 0 Å². The zero-order valence-corrected chi connectivity index (χ0v) is 8.68. The Morgan fingerprint density at radius 2 is 2.31 bits per heavy atom. The lowest BCUT2D eigenvalue weighted by molar-refractivity contribution is 0.609. The van der Waals surface area contributed by atoms with Crippen molar-refractivity contribution in [2.75, 3.05) is 0 Å². The Labute approximate surface area is 83.5 Å². The molecule has 0 amide bonds. The highest BCUT2D eigenvalue weighted by molar-refractivity contribution is 9.10. The van der Waals surface area contributed by atoms with E-state index in [4.69, 9.17) is 0 Å². The molecule has 2 nitrogen and oxygen atoms in total. The SMILES string of the molecule is CCn1ncc2cc(Br)cc(F)c21. The van der Waals surface area contributed by atoms with Gasteiger partial charge in [-0.1, -0.05) is 15.9 Å². The van der Waals surface area contributed by atoms with E-state index in [0.29, 0.717) is 12.1 Å². The number of aromatic nitrogens is 2. The van der Waals surface area contributed by atoms with Crippen LogP contribution in [0.1, 0.15) is 6.92 Å². The Morgan fingerprint density at radius 3 is 3.00 bits per heavy atom. The van der Waals surface area contributed by atoms with Crippen LogP contribution >= 0.6 is 15.9 Å². The minimum atomic E-state index is -0.233. The van der Waals surface area contributed by atoms with Crippen LogP contribution in [0, 0.1) is 5.82 Å². The lowest BCUT2D eigenvalue weighted by Gasteiger charge is -1.99. The number of halogens is 2. The number of rotatable bonds is 1. The van der Waals surface area contributed by atoms with E-state index in [1.807, 2.05) is 13.0 Å². The molecule has 0 atom stereocenters. The first-order chi connectivity index (χ1) is 6.22. The van der Waals surface area contributed by atoms with E-state index in [0.717, 1.165) is 9.86 Å². The first-order valence-electron chi connectivity index (χ1n) is 4.03. The van der Waals surface area contributed by atoms with Crippen LogP contribution in [0.15, 0.2) is 22.8 Å². The molecule has 1 heterocycles. The second-order valence-corrected chi connectivity index (χ2v) is 3.70. The van der Waals surface area contributed by atoms with Gasteiger partial charge in [-0.15, -0.1) is 0 Å². The Morgan fingerprint density at radius 1 is 1.54 bits per heavy atom. The number of hydrogen-bond donors (Lipinski definition) is 0. The molecule has 68 valence electrons. The third-order valence-corrected chi connectivity index (χ3v) is 2.41. The monoisotopic (exact) mass is 242 g/mol. The Hall–Kier alpha value is -0.900. The second kappa shape index (κ2) is 3.10. The summed E-state index contributed by atoms with van der Waals surface area (Å²) in [6, 6.07) is 3.31. The van der Waals surface area contributed by atoms with Crippen molar-refractivity contribution in [3.05, 3.63) is 28.6 Å². The molecule has 0 saturated heterocycles. The van der Waals surface area contributed by atoms with Gasteiger partial charge in [-0.05, 0) is 19.1 Å². The summed E-state index contributed by atoms with van der Waals surface area (Å²) >= 11 is 3.24. The summed E-state index contributed by atoms with van der Waals surface area (Å²) in [5, 5.41) is 4.90. The van der Waals surface area contributed by atoms with Gasteiger partial charge in [0.15, 0.2) is 0 Å². The van der Waals surface area contributed by atoms with Gasteiger partial charge in [-0.2, -0.15) is 5.10 Å². The quantitative estimate of drug-likeness (QED) is 0.752. The van der Waals surface area contributed by atoms with Crippen LogP contribution in [0.2, 0.25) is 0 Å². The summed E-state index contributed by atoms with van der Waals surface area (Å²) in [6.07, 6.45) is 1.67. The molecule has 2 aromatic rings. The molecular weight excluding hydrogens is 235 g/mol. The Balaban J connectivity index is 2.82. The fourth-order valence-electron chi connectivity index (χ4n) is 1.39. The maximum absolute atomic E-state index is 13.4. The number of aryl methyl sites for hydroxylation is 1. The fraction of sp³-hybridized carbons (Fsp3) is 0.222. The van der Waals surface area contributed by atoms with Gasteiger partial charge in [0.25, 0.3) is 0 Å². The standard InChI is InChI=1S/C9H8BrFN2/c1-2-13-9-6(5-12-13)3-7(10)4-8(9)11/h3-5H,2H2,1H3. The maximum Gasteiger partial charge on any atom is 0.150 e. The van der Waals surface area contributed by atoms with E-state index in [1.165, 1.54) is 6.07 Å². The van der Waals surface area contributed by atoms with Crippen LogP contribution in [0.4, 0.5) is 4.39 Å². The summed E-state index contributed by atoms with van der Waals surface area (Å²) < 4.78 is 15.8. The van der Waals surface area contributed by atoms with Crippen molar-refractivity contribution in [2.45, 2.75) is 13.5 Å². The molecule has 1 aromatic carbocycles. The maximum atomic E-state index is 13.4. The molecule has 0 fully saturated rings. The number of benzene rings is 1. The molecule has 13 heavy (non-hydrogen) atoms. The normalized spacial score (nSPS) is 11.0. The van der Waals surface area contributed by atoms with Crippen LogP contribution in [-0.4, -0.2) is 9.78 Å². The van der Waals surface area contributed by atoms with Gasteiger partial charge in [0.1, 0.15) is 11.3 Å². The van der Waals surface area contributed by atoms with Gasteiger partial charge < -0.3 is 0 Å². The Bertz CT molecular complexity index is 450. The number of fused-ring (bicyclic) bond motifs is 1. The molecule has 2 rings (SSSR count). The summed E-state index contributed by atoms with van der Waals surface area (Å²) in [6.45, 7) is 2.62. The Kier molecular flexibility index (Phi) is 2.07. The van der Waals surface area contributed by atoms with E-state index in [2.05, 4.69) is 21.0 Å². The van der Waals surface area contributed by atoms with Gasteiger partial charge in [0, 0.05) is 16.4 Å². The van der Waals surface area contributed by atoms with E-state index < -0.39 is 0 Å². The van der Waals surface area contributed by atoms with Crippen molar-refractivity contribution in [1.82, 2.24) is 9.78 Å². The molecule has 0 unspecified atom stereocenters. The minimum Gasteiger partial charge on any atom is -0.262 e. The van der Waals surface area contributed by atoms with Crippen molar-refractivity contribution in [3.63, 3.8) is 0 Å². The summed E-state index contributed by atoms with van der Waals surface area (Å²) in [7, 11) is 0. The highest BCUT2D eigenvalue weighted by Crippen LogP contribution is 2.22. The van der Waals surface area contributed by atoms with Gasteiger partial charge in [-0.3, -0.25) is 4.68 Å². The smallest absolute Gasteiger partial charge is 0.150 e. The van der Waals surface area contributed by atoms with E-state index in [9.17, 15) is 4.39 Å². The third-order valence-electron chi connectivity index (χ3n) is 1.95. The zero-order valence-electron chi connectivity index (χ0n) is 7.09. The molecular formula is C9H8BrFN2. The number of hydrogen-bond acceptors (Lipinski definition) is 1. The first kappa shape index (κ1) is 8.69. The summed E-state index contributed by atoms with van der Waals surface area (Å²) in [5.41, 5.74) is 0.575. The second-order valence-electron chi connectivity index (χ2n) is 2.79. The lowest BCUT2D eigenvalue weighted by atomic mass is 10.2. The zero-order chi connectivity index (χ0) is 9.42. The largest absolute Gasteiger partial charge is 0.262 e. The van der Waals surface area contributed by atoms with Crippen LogP contribution in [0.3, 0.4) is 0 Å². The van der Waals surface area contributed by atoms with Crippen molar-refractivity contribution >= 4 is 26.8 Å². The van der Waals surface area contributed by atoms with Gasteiger partial charge in [0.2, 0.25) is 0 Å². The first-order valence-corrected chi connectivity index (χ1v) is 4.82. The van der Waals surface area contributed by atoms with Gasteiger partial charge in [-0.25, -0.2) is 4.39 Å². The van der Waals surface area contributed by atoms with Crippen LogP contribution < -0.4 is 0 Å². The highest BCUT2D eigenvalue weighted by atomic mass is 79.9. The molecule has 0 bridgehead atoms. The number of nitrogens with zero attached hydrogens (tertiary/aromatic N) is 2. The third kappa shape index (κ3) is 1.35. The molecule has 0 aliphatic heterocycles. The van der Waals surface area contributed by atoms with Gasteiger partial charge in [0.05, 0.1) is 6.20 Å². The summed E-state index contributed by atoms with van der Waals surface area (Å²) in [4.78, 5) is 0. The molecule has 0 radical (unpaired) electrons. The van der Waals surface area contributed by atoms with Crippen LogP contribution in [0.5, 0.6) is 0 Å². The molecule has 0 aliphatic rings. The molecule has 0 N–H and O–H groups in total. The van der Waals surface area contributed by atoms with Crippen LogP contribution in [-0.2, 0) is 6.54 Å². The molecule has 1 aromatic heterocycles. The predicted molar refractivity (Wildman–Crippen MR) is 53.1 cm³/mol. The molecule has 0 spiro atoms. The van der Waals surface area contributed by atoms with Gasteiger partial charge >= 0.3 is 0 Å². The topological polar surface area (TPSA) is 17.8 Å². The molecule has 0 saturated carbocycles. The molecule has 0 aliphatic carbocycles. The lowest BCUT2D eigenvalue weighted by Crippen LogP contribution is -1.97. The van der Waals surface area contributed by atoms with E-state index in [1.54, 1.807) is 10.9 Å². The summed E-state index contributed by atoms with van der Waals surface area (Å²) in [5.74, 6) is -0.233. The fourth-order valence-corrected chi connectivity index (χ4v) is 1.83. The average Bonchev–Trinajstić information content (AvgIpc) is 2.47. The van der Waals surface area contributed by atoms with Crippen molar-refractivity contribution in [3.8, 4) is 0 Å². The van der Waals surface area contributed by atoms with E-state index in [-0.39, 0.29) is 5.82 Å². The highest BCUT2D eigenvalue weighted by Gasteiger charge is 2.07. The van der Waals surface area contributed by atoms with Crippen molar-refractivity contribution < 1.29 is 4.39 Å². The van der Waals surface area contributed by atoms with Crippen LogP contribution in [0.25, 0.3) is 10.9 Å². The van der Waals surface area contributed by atoms with Crippen molar-refractivity contribution in [1.29, 1.82) is 0 Å². The van der Waals surface area contributed by atoms with E-state index >= 15 is 0 Å². The minimum absolute atomic E-state index is 0.233. The average molecular weight is 243 g/mol. The predicted octanol–water partition coefficient (Wildman–Crippen LogP) is 2.96. The molecule has 4 heteroatoms.